The summed E-state index contributed by atoms with van der Waals surface area (Å²) >= 11 is 1.34. The first-order valence-electron chi connectivity index (χ1n) is 7.74. The highest BCUT2D eigenvalue weighted by molar-refractivity contribution is 8.15. The van der Waals surface area contributed by atoms with Crippen molar-refractivity contribution < 1.29 is 8.42 Å². The zero-order valence-corrected chi connectivity index (χ0v) is 15.3. The van der Waals surface area contributed by atoms with E-state index >= 15 is 0 Å². The molecule has 25 heavy (non-hydrogen) atoms. The van der Waals surface area contributed by atoms with Gasteiger partial charge >= 0.3 is 0 Å². The van der Waals surface area contributed by atoms with Crippen LogP contribution in [0.15, 0.2) is 99.1 Å². The summed E-state index contributed by atoms with van der Waals surface area (Å²) < 4.78 is 29.6. The lowest BCUT2D eigenvalue weighted by molar-refractivity contribution is 0.598. The molecule has 5 heteroatoms. The fraction of sp³-hybridized carbons (Fsp3) is 0.0500. The number of hydrogen-bond acceptors (Lipinski definition) is 3. The van der Waals surface area contributed by atoms with E-state index in [1.54, 1.807) is 24.3 Å². The summed E-state index contributed by atoms with van der Waals surface area (Å²) in [6.07, 6.45) is 0. The average molecular weight is 367 g/mol. The summed E-state index contributed by atoms with van der Waals surface area (Å²) in [5, 5.41) is 0.451. The van der Waals surface area contributed by atoms with Crippen LogP contribution in [-0.4, -0.2) is 13.5 Å². The van der Waals surface area contributed by atoms with E-state index in [0.29, 0.717) is 5.04 Å². The normalized spacial score (nSPS) is 12.1. The molecule has 0 heterocycles. The summed E-state index contributed by atoms with van der Waals surface area (Å²) in [6.45, 7) is 1.92. The van der Waals surface area contributed by atoms with Crippen LogP contribution in [0, 0.1) is 6.92 Å². The first-order chi connectivity index (χ1) is 12.0. The lowest BCUT2D eigenvalue weighted by Crippen LogP contribution is -2.03. The van der Waals surface area contributed by atoms with Crippen LogP contribution < -0.4 is 0 Å². The summed E-state index contributed by atoms with van der Waals surface area (Å²) in [6, 6.07) is 25.7. The van der Waals surface area contributed by atoms with Gasteiger partial charge < -0.3 is 0 Å². The van der Waals surface area contributed by atoms with E-state index in [4.69, 9.17) is 0 Å². The van der Waals surface area contributed by atoms with E-state index in [0.717, 1.165) is 16.0 Å². The molecule has 0 aliphatic carbocycles. The molecular formula is C20H17NO2S2. The van der Waals surface area contributed by atoms with Gasteiger partial charge in [-0.25, -0.2) is 0 Å². The molecule has 0 unspecified atom stereocenters. The van der Waals surface area contributed by atoms with Crippen molar-refractivity contribution in [2.24, 2.45) is 4.40 Å². The van der Waals surface area contributed by atoms with Gasteiger partial charge in [-0.05, 0) is 31.2 Å². The van der Waals surface area contributed by atoms with Gasteiger partial charge in [0.1, 0.15) is 5.04 Å². The monoisotopic (exact) mass is 367 g/mol. The van der Waals surface area contributed by atoms with Crippen LogP contribution in [0.2, 0.25) is 0 Å². The van der Waals surface area contributed by atoms with Crippen molar-refractivity contribution >= 4 is 26.8 Å². The Morgan fingerprint density at radius 2 is 1.36 bits per heavy atom. The van der Waals surface area contributed by atoms with Crippen LogP contribution in [0.5, 0.6) is 0 Å². The van der Waals surface area contributed by atoms with Crippen LogP contribution >= 0.6 is 11.8 Å². The quantitative estimate of drug-likeness (QED) is 0.373. The fourth-order valence-corrected chi connectivity index (χ4v) is 4.31. The number of benzene rings is 3. The van der Waals surface area contributed by atoms with Crippen LogP contribution in [-0.2, 0) is 10.0 Å². The zero-order valence-electron chi connectivity index (χ0n) is 13.7. The molecular weight excluding hydrogens is 350 g/mol. The molecule has 0 amide bonds. The Hall–Kier alpha value is -2.37. The highest BCUT2D eigenvalue weighted by atomic mass is 32.2. The molecule has 0 N–H and O–H groups in total. The van der Waals surface area contributed by atoms with Crippen molar-refractivity contribution in [2.75, 3.05) is 0 Å². The topological polar surface area (TPSA) is 46.5 Å². The summed E-state index contributed by atoms with van der Waals surface area (Å²) in [4.78, 5) is 1.13. The molecule has 3 aromatic carbocycles. The van der Waals surface area contributed by atoms with Gasteiger partial charge in [0.25, 0.3) is 10.0 Å². The average Bonchev–Trinajstić information content (AvgIpc) is 2.63. The summed E-state index contributed by atoms with van der Waals surface area (Å²) in [5.41, 5.74) is 1.77. The van der Waals surface area contributed by atoms with E-state index in [2.05, 4.69) is 4.40 Å². The van der Waals surface area contributed by atoms with Crippen molar-refractivity contribution in [2.45, 2.75) is 16.7 Å². The van der Waals surface area contributed by atoms with Crippen molar-refractivity contribution in [1.29, 1.82) is 0 Å². The standard InChI is InChI=1S/C20H17NO2S2/c1-16-12-14-19(15-13-16)25(22,23)21-20(17-8-4-2-5-9-17)24-18-10-6-3-7-11-18/h2-15H,1H3/b21-20-. The Labute approximate surface area is 152 Å². The first kappa shape index (κ1) is 17.5. The molecule has 0 aliphatic heterocycles. The molecule has 126 valence electrons. The molecule has 0 bridgehead atoms. The van der Waals surface area contributed by atoms with Crippen LogP contribution in [0.4, 0.5) is 0 Å². The van der Waals surface area contributed by atoms with Gasteiger partial charge in [0, 0.05) is 10.5 Å². The van der Waals surface area contributed by atoms with Gasteiger partial charge in [0.15, 0.2) is 0 Å². The largest absolute Gasteiger partial charge is 0.283 e. The van der Waals surface area contributed by atoms with Crippen LogP contribution in [0.25, 0.3) is 0 Å². The van der Waals surface area contributed by atoms with Gasteiger partial charge in [-0.15, -0.1) is 0 Å². The van der Waals surface area contributed by atoms with Crippen molar-refractivity contribution in [3.05, 3.63) is 96.1 Å². The number of rotatable bonds is 4. The minimum atomic E-state index is -3.78. The molecule has 3 nitrogen and oxygen atoms in total. The molecule has 0 spiro atoms. The number of nitrogens with zero attached hydrogens (tertiary/aromatic N) is 1. The second kappa shape index (κ2) is 7.68. The van der Waals surface area contributed by atoms with Gasteiger partial charge in [-0.3, -0.25) is 0 Å². The molecule has 0 aromatic heterocycles. The molecule has 0 fully saturated rings. The third kappa shape index (κ3) is 4.59. The van der Waals surface area contributed by atoms with Crippen LogP contribution in [0.3, 0.4) is 0 Å². The molecule has 0 aliphatic rings. The number of thioether (sulfide) groups is 1. The highest BCUT2D eigenvalue weighted by Gasteiger charge is 2.16. The van der Waals surface area contributed by atoms with E-state index < -0.39 is 10.0 Å². The predicted octanol–water partition coefficient (Wildman–Crippen LogP) is 4.92. The summed E-state index contributed by atoms with van der Waals surface area (Å²) in [7, 11) is -3.78. The molecule has 3 rings (SSSR count). The van der Waals surface area contributed by atoms with Crippen LogP contribution in [0.1, 0.15) is 11.1 Å². The molecule has 3 aromatic rings. The maximum atomic E-state index is 12.7. The predicted molar refractivity (Wildman–Crippen MR) is 104 cm³/mol. The van der Waals surface area contributed by atoms with E-state index in [1.807, 2.05) is 67.6 Å². The Bertz CT molecular complexity index is 965. The highest BCUT2D eigenvalue weighted by Crippen LogP contribution is 2.26. The molecule has 0 saturated heterocycles. The third-order valence-electron chi connectivity index (χ3n) is 3.50. The maximum Gasteiger partial charge on any atom is 0.283 e. The molecule has 0 saturated carbocycles. The second-order valence-corrected chi connectivity index (χ2v) is 8.13. The third-order valence-corrected chi connectivity index (χ3v) is 5.93. The van der Waals surface area contributed by atoms with Gasteiger partial charge in [0.2, 0.25) is 0 Å². The molecule has 0 radical (unpaired) electrons. The van der Waals surface area contributed by atoms with Crippen molar-refractivity contribution in [1.82, 2.24) is 0 Å². The lowest BCUT2D eigenvalue weighted by Gasteiger charge is -2.07. The Balaban J connectivity index is 2.04. The number of aryl methyl sites for hydroxylation is 1. The number of hydrogen-bond donors (Lipinski definition) is 0. The maximum absolute atomic E-state index is 12.7. The van der Waals surface area contributed by atoms with E-state index in [9.17, 15) is 8.42 Å². The Morgan fingerprint density at radius 3 is 1.96 bits per heavy atom. The lowest BCUT2D eigenvalue weighted by atomic mass is 10.2. The smallest absolute Gasteiger partial charge is 0.199 e. The van der Waals surface area contributed by atoms with Gasteiger partial charge in [-0.2, -0.15) is 12.8 Å². The van der Waals surface area contributed by atoms with Crippen molar-refractivity contribution in [3.8, 4) is 0 Å². The Morgan fingerprint density at radius 1 is 0.800 bits per heavy atom. The number of sulfonamides is 1. The summed E-state index contributed by atoms with van der Waals surface area (Å²) in [5.74, 6) is 0. The second-order valence-electron chi connectivity index (χ2n) is 5.47. The van der Waals surface area contributed by atoms with E-state index in [1.165, 1.54) is 11.8 Å². The minimum absolute atomic E-state index is 0.195. The Kier molecular flexibility index (Phi) is 5.36. The van der Waals surface area contributed by atoms with E-state index in [-0.39, 0.29) is 4.90 Å². The SMILES string of the molecule is Cc1ccc(S(=O)(=O)/N=C(\Sc2ccccc2)c2ccccc2)cc1. The van der Waals surface area contributed by atoms with Gasteiger partial charge in [-0.1, -0.05) is 78.0 Å². The van der Waals surface area contributed by atoms with Gasteiger partial charge in [0.05, 0.1) is 4.90 Å². The van der Waals surface area contributed by atoms with Crippen molar-refractivity contribution in [3.63, 3.8) is 0 Å². The molecule has 0 atom stereocenters. The first-order valence-corrected chi connectivity index (χ1v) is 10.0. The minimum Gasteiger partial charge on any atom is -0.199 e. The fourth-order valence-electron chi connectivity index (χ4n) is 2.18. The zero-order chi connectivity index (χ0) is 17.7.